The molecule has 0 fully saturated rings. The van der Waals surface area contributed by atoms with Crippen molar-refractivity contribution >= 4 is 0 Å². The molecule has 0 rings (SSSR count). The number of nitrogens with two attached hydrogens (primary N) is 1. The molecule has 2 atom stereocenters. The van der Waals surface area contributed by atoms with Gasteiger partial charge in [0, 0.05) is 6.42 Å². The highest BCUT2D eigenvalue weighted by atomic mass is 16.5. The van der Waals surface area contributed by atoms with Crippen LogP contribution in [0, 0.1) is 0 Å². The molecule has 0 saturated carbocycles. The highest BCUT2D eigenvalue weighted by Crippen LogP contribution is 2.12. The van der Waals surface area contributed by atoms with Gasteiger partial charge < -0.3 is 20.3 Å². The molecule has 0 aromatic carbocycles. The quantitative estimate of drug-likeness (QED) is 0.537. The van der Waals surface area contributed by atoms with Crippen molar-refractivity contribution in [1.82, 2.24) is 0 Å². The molecule has 0 radical (unpaired) electrons. The molecule has 3 N–H and O–H groups in total. The van der Waals surface area contributed by atoms with Crippen LogP contribution in [0.2, 0.25) is 0 Å². The smallest absolute Gasteiger partial charge is 0.124 e. The lowest BCUT2D eigenvalue weighted by Crippen LogP contribution is -2.24. The Morgan fingerprint density at radius 2 is 1.80 bits per heavy atom. The highest BCUT2D eigenvalue weighted by molar-refractivity contribution is 4.71. The van der Waals surface area contributed by atoms with E-state index in [1.165, 1.54) is 12.5 Å². The third-order valence-electron chi connectivity index (χ3n) is 2.04. The van der Waals surface area contributed by atoms with Gasteiger partial charge in [0.1, 0.15) is 12.2 Å². The second kappa shape index (κ2) is 9.55. The van der Waals surface area contributed by atoms with Gasteiger partial charge in [-0.25, -0.2) is 0 Å². The van der Waals surface area contributed by atoms with Crippen LogP contribution in [0.25, 0.3) is 0 Å². The fourth-order valence-electron chi connectivity index (χ4n) is 1.33. The van der Waals surface area contributed by atoms with Crippen LogP contribution < -0.4 is 5.73 Å². The topological polar surface area (TPSA) is 64.7 Å². The van der Waals surface area contributed by atoms with Gasteiger partial charge in [-0.2, -0.15) is 0 Å². The first-order valence-electron chi connectivity index (χ1n) is 5.12. The molecule has 88 valence electrons. The Bertz CT molecular complexity index is 173. The first-order chi connectivity index (χ1) is 7.28. The first-order valence-corrected chi connectivity index (χ1v) is 5.12. The summed E-state index contributed by atoms with van der Waals surface area (Å²) in [5, 5.41) is 9.02. The zero-order chi connectivity index (χ0) is 11.5. The fraction of sp³-hybridized carbons (Fsp3) is 0.636. The molecule has 0 aromatic rings. The molecule has 0 aliphatic carbocycles. The number of aliphatic hydroxyl groups is 1. The van der Waals surface area contributed by atoms with E-state index in [1.54, 1.807) is 0 Å². The van der Waals surface area contributed by atoms with Crippen LogP contribution in [0.4, 0.5) is 0 Å². The molecule has 0 aliphatic rings. The number of hydrogen-bond donors (Lipinski definition) is 2. The van der Waals surface area contributed by atoms with E-state index in [2.05, 4.69) is 13.2 Å². The minimum Gasteiger partial charge on any atom is -0.499 e. The Morgan fingerprint density at radius 3 is 2.27 bits per heavy atom. The van der Waals surface area contributed by atoms with Gasteiger partial charge in [0.15, 0.2) is 0 Å². The Morgan fingerprint density at radius 1 is 1.20 bits per heavy atom. The fourth-order valence-corrected chi connectivity index (χ4v) is 1.33. The van der Waals surface area contributed by atoms with E-state index in [0.717, 1.165) is 12.8 Å². The zero-order valence-corrected chi connectivity index (χ0v) is 9.10. The van der Waals surface area contributed by atoms with E-state index >= 15 is 0 Å². The molecule has 0 aromatic heterocycles. The van der Waals surface area contributed by atoms with Crippen molar-refractivity contribution in [2.45, 2.75) is 31.5 Å². The van der Waals surface area contributed by atoms with E-state index in [9.17, 15) is 0 Å². The monoisotopic (exact) mass is 215 g/mol. The summed E-state index contributed by atoms with van der Waals surface area (Å²) in [6.45, 7) is 7.54. The van der Waals surface area contributed by atoms with Gasteiger partial charge in [0.05, 0.1) is 19.1 Å². The minimum atomic E-state index is -0.273. The molecule has 0 amide bonds. The predicted molar refractivity (Wildman–Crippen MR) is 60.1 cm³/mol. The maximum absolute atomic E-state index is 9.02. The van der Waals surface area contributed by atoms with Crippen LogP contribution >= 0.6 is 0 Å². The molecule has 15 heavy (non-hydrogen) atoms. The van der Waals surface area contributed by atoms with Crippen molar-refractivity contribution in [3.05, 3.63) is 25.7 Å². The third-order valence-corrected chi connectivity index (χ3v) is 2.04. The lowest BCUT2D eigenvalue weighted by Gasteiger charge is -2.21. The Balaban J connectivity index is 3.98. The molecule has 4 nitrogen and oxygen atoms in total. The van der Waals surface area contributed by atoms with Crippen LogP contribution in [0.1, 0.15) is 19.3 Å². The normalized spacial score (nSPS) is 14.0. The Hall–Kier alpha value is -1.00. The molecular weight excluding hydrogens is 194 g/mol. The van der Waals surface area contributed by atoms with Gasteiger partial charge in [-0.3, -0.25) is 0 Å². The van der Waals surface area contributed by atoms with E-state index < -0.39 is 0 Å². The van der Waals surface area contributed by atoms with Crippen molar-refractivity contribution in [2.24, 2.45) is 5.73 Å². The van der Waals surface area contributed by atoms with Gasteiger partial charge in [0.25, 0.3) is 0 Å². The van der Waals surface area contributed by atoms with E-state index in [4.69, 9.17) is 20.3 Å². The van der Waals surface area contributed by atoms with Crippen molar-refractivity contribution in [3.63, 3.8) is 0 Å². The summed E-state index contributed by atoms with van der Waals surface area (Å²) in [5.41, 5.74) is 5.42. The third kappa shape index (κ3) is 6.99. The molecular formula is C11H21NO3. The second-order valence-corrected chi connectivity index (χ2v) is 3.20. The minimum absolute atomic E-state index is 0.0110. The van der Waals surface area contributed by atoms with Crippen molar-refractivity contribution < 1.29 is 14.6 Å². The maximum atomic E-state index is 9.02. The average molecular weight is 215 g/mol. The Kier molecular flexibility index (Phi) is 8.91. The van der Waals surface area contributed by atoms with E-state index in [1.807, 2.05) is 0 Å². The molecule has 0 unspecified atom stereocenters. The van der Waals surface area contributed by atoms with E-state index in [0.29, 0.717) is 13.0 Å². The van der Waals surface area contributed by atoms with Crippen LogP contribution in [0.5, 0.6) is 0 Å². The summed E-state index contributed by atoms with van der Waals surface area (Å²) in [4.78, 5) is 0. The second-order valence-electron chi connectivity index (χ2n) is 3.20. The standard InChI is InChI=1S/C11H21NO3/c1-3-14-10(6-5-7-12)8-11(9-13)15-4-2/h3-4,10-11,13H,1-2,5-9,12H2/t10-,11+/m0/s1. The number of hydrogen-bond acceptors (Lipinski definition) is 4. The maximum Gasteiger partial charge on any atom is 0.124 e. The summed E-state index contributed by atoms with van der Waals surface area (Å²) in [5.74, 6) is 0. The number of rotatable bonds is 10. The molecule has 0 bridgehead atoms. The average Bonchev–Trinajstić information content (AvgIpc) is 2.25. The Labute approximate surface area is 91.4 Å². The number of aliphatic hydroxyl groups excluding tert-OH is 1. The van der Waals surface area contributed by atoms with Crippen molar-refractivity contribution in [3.8, 4) is 0 Å². The van der Waals surface area contributed by atoms with Crippen LogP contribution in [-0.4, -0.2) is 30.5 Å². The highest BCUT2D eigenvalue weighted by Gasteiger charge is 2.16. The van der Waals surface area contributed by atoms with Crippen LogP contribution in [-0.2, 0) is 9.47 Å². The SMILES string of the molecule is C=CO[C@@H](CO)C[C@H](CCCN)OC=C. The summed E-state index contributed by atoms with van der Waals surface area (Å²) in [6.07, 6.45) is 4.77. The molecule has 0 aliphatic heterocycles. The van der Waals surface area contributed by atoms with Crippen LogP contribution in [0.15, 0.2) is 25.7 Å². The molecule has 0 saturated heterocycles. The van der Waals surface area contributed by atoms with Gasteiger partial charge >= 0.3 is 0 Å². The number of ether oxygens (including phenoxy) is 2. The zero-order valence-electron chi connectivity index (χ0n) is 9.10. The largest absolute Gasteiger partial charge is 0.499 e. The van der Waals surface area contributed by atoms with Crippen molar-refractivity contribution in [2.75, 3.05) is 13.2 Å². The first kappa shape index (κ1) is 14.0. The molecule has 0 heterocycles. The summed E-state index contributed by atoms with van der Waals surface area (Å²) >= 11 is 0. The molecule has 4 heteroatoms. The van der Waals surface area contributed by atoms with Gasteiger partial charge in [-0.15, -0.1) is 0 Å². The lowest BCUT2D eigenvalue weighted by atomic mass is 10.1. The van der Waals surface area contributed by atoms with Gasteiger partial charge in [-0.05, 0) is 19.4 Å². The summed E-state index contributed by atoms with van der Waals surface area (Å²) in [7, 11) is 0. The molecule has 0 spiro atoms. The summed E-state index contributed by atoms with van der Waals surface area (Å²) in [6, 6.07) is 0. The van der Waals surface area contributed by atoms with Gasteiger partial charge in [-0.1, -0.05) is 13.2 Å². The predicted octanol–water partition coefficient (Wildman–Crippen LogP) is 1.17. The van der Waals surface area contributed by atoms with E-state index in [-0.39, 0.29) is 18.8 Å². The van der Waals surface area contributed by atoms with Gasteiger partial charge in [0.2, 0.25) is 0 Å². The van der Waals surface area contributed by atoms with Crippen molar-refractivity contribution in [1.29, 1.82) is 0 Å². The van der Waals surface area contributed by atoms with Crippen LogP contribution in [0.3, 0.4) is 0 Å². The summed E-state index contributed by atoms with van der Waals surface area (Å²) < 4.78 is 10.4. The lowest BCUT2D eigenvalue weighted by molar-refractivity contribution is 0.0223.